The summed E-state index contributed by atoms with van der Waals surface area (Å²) in [6.45, 7) is 5.58. The van der Waals surface area contributed by atoms with Gasteiger partial charge < -0.3 is 10.2 Å². The molecule has 0 aliphatic carbocycles. The number of aryl methyl sites for hydroxylation is 3. The Labute approximate surface area is 111 Å². The van der Waals surface area contributed by atoms with Crippen LogP contribution in [0.25, 0.3) is 5.69 Å². The molecule has 0 unspecified atom stereocenters. The predicted octanol–water partition coefficient (Wildman–Crippen LogP) is 1.99. The first-order chi connectivity index (χ1) is 8.93. The van der Waals surface area contributed by atoms with Crippen molar-refractivity contribution in [2.75, 3.05) is 0 Å². The summed E-state index contributed by atoms with van der Waals surface area (Å²) in [6.07, 6.45) is 1.56. The molecular weight excluding hydrogens is 244 g/mol. The number of hydrogen-bond acceptors (Lipinski definition) is 3. The van der Waals surface area contributed by atoms with Crippen LogP contribution in [-0.2, 0) is 6.61 Å². The Morgan fingerprint density at radius 1 is 1.26 bits per heavy atom. The largest absolute Gasteiger partial charge is 0.476 e. The summed E-state index contributed by atoms with van der Waals surface area (Å²) in [7, 11) is 0. The number of carbonyl (C=O) groups is 1. The highest BCUT2D eigenvalue weighted by Crippen LogP contribution is 2.22. The quantitative estimate of drug-likeness (QED) is 0.885. The van der Waals surface area contributed by atoms with E-state index in [9.17, 15) is 9.90 Å². The van der Waals surface area contributed by atoms with E-state index in [0.717, 1.165) is 22.4 Å². The van der Waals surface area contributed by atoms with Crippen molar-refractivity contribution < 1.29 is 15.0 Å². The minimum atomic E-state index is -1.13. The molecule has 0 bridgehead atoms. The SMILES string of the molecule is Cc1cc(C)c(-n2cc(CO)c(C(=O)O)n2)c(C)c1. The van der Waals surface area contributed by atoms with E-state index in [1.807, 2.05) is 32.9 Å². The number of benzene rings is 1. The highest BCUT2D eigenvalue weighted by Gasteiger charge is 2.17. The zero-order valence-electron chi connectivity index (χ0n) is 11.1. The minimum absolute atomic E-state index is 0.109. The number of aliphatic hydroxyl groups is 1. The number of rotatable bonds is 3. The van der Waals surface area contributed by atoms with Crippen LogP contribution in [0.1, 0.15) is 32.7 Å². The van der Waals surface area contributed by atoms with Crippen molar-refractivity contribution in [2.45, 2.75) is 27.4 Å². The van der Waals surface area contributed by atoms with Crippen molar-refractivity contribution >= 4 is 5.97 Å². The minimum Gasteiger partial charge on any atom is -0.476 e. The van der Waals surface area contributed by atoms with E-state index < -0.39 is 5.97 Å². The van der Waals surface area contributed by atoms with Crippen LogP contribution in [0, 0.1) is 20.8 Å². The molecule has 0 saturated heterocycles. The van der Waals surface area contributed by atoms with E-state index >= 15 is 0 Å². The summed E-state index contributed by atoms with van der Waals surface area (Å²) in [4.78, 5) is 11.1. The van der Waals surface area contributed by atoms with Crippen molar-refractivity contribution in [3.8, 4) is 5.69 Å². The molecule has 2 aromatic rings. The van der Waals surface area contributed by atoms with E-state index in [2.05, 4.69) is 5.10 Å². The first-order valence-electron chi connectivity index (χ1n) is 5.95. The van der Waals surface area contributed by atoms with Gasteiger partial charge in [-0.1, -0.05) is 17.7 Å². The molecule has 0 atom stereocenters. The van der Waals surface area contributed by atoms with Gasteiger partial charge in [-0.15, -0.1) is 0 Å². The molecular formula is C14H16N2O3. The lowest BCUT2D eigenvalue weighted by Gasteiger charge is -2.11. The molecule has 1 aromatic heterocycles. The van der Waals surface area contributed by atoms with Crippen LogP contribution < -0.4 is 0 Å². The average molecular weight is 260 g/mol. The predicted molar refractivity (Wildman–Crippen MR) is 70.7 cm³/mol. The fourth-order valence-electron chi connectivity index (χ4n) is 2.35. The van der Waals surface area contributed by atoms with Gasteiger partial charge in [0.15, 0.2) is 5.69 Å². The molecule has 5 nitrogen and oxygen atoms in total. The number of aromatic nitrogens is 2. The standard InChI is InChI=1S/C14H16N2O3/c1-8-4-9(2)13(10(3)5-8)16-6-11(7-17)12(15-16)14(18)19/h4-6,17H,7H2,1-3H3,(H,18,19). The second kappa shape index (κ2) is 4.85. The van der Waals surface area contributed by atoms with Crippen molar-refractivity contribution in [3.63, 3.8) is 0 Å². The van der Waals surface area contributed by atoms with Gasteiger partial charge in [-0.05, 0) is 31.9 Å². The van der Waals surface area contributed by atoms with Gasteiger partial charge >= 0.3 is 5.97 Å². The molecule has 2 N–H and O–H groups in total. The molecule has 0 saturated carbocycles. The topological polar surface area (TPSA) is 75.4 Å². The van der Waals surface area contributed by atoms with Gasteiger partial charge in [-0.25, -0.2) is 9.48 Å². The number of carboxylic acids is 1. The third-order valence-electron chi connectivity index (χ3n) is 3.03. The van der Waals surface area contributed by atoms with Gasteiger partial charge in [0, 0.05) is 11.8 Å². The Balaban J connectivity index is 2.63. The normalized spacial score (nSPS) is 10.7. The maximum absolute atomic E-state index is 11.1. The molecule has 100 valence electrons. The Hall–Kier alpha value is -2.14. The van der Waals surface area contributed by atoms with Crippen LogP contribution >= 0.6 is 0 Å². The van der Waals surface area contributed by atoms with Crippen LogP contribution in [0.3, 0.4) is 0 Å². The Morgan fingerprint density at radius 2 is 1.84 bits per heavy atom. The van der Waals surface area contributed by atoms with Crippen molar-refractivity contribution in [1.82, 2.24) is 9.78 Å². The van der Waals surface area contributed by atoms with Crippen LogP contribution in [0.15, 0.2) is 18.3 Å². The van der Waals surface area contributed by atoms with Crippen LogP contribution in [-0.4, -0.2) is 26.0 Å². The molecule has 0 amide bonds. The van der Waals surface area contributed by atoms with Crippen molar-refractivity contribution in [3.05, 3.63) is 46.3 Å². The van der Waals surface area contributed by atoms with Gasteiger partial charge in [0.1, 0.15) is 0 Å². The maximum Gasteiger partial charge on any atom is 0.356 e. The lowest BCUT2D eigenvalue weighted by molar-refractivity contribution is 0.0686. The lowest BCUT2D eigenvalue weighted by atomic mass is 10.1. The molecule has 0 aliphatic heterocycles. The summed E-state index contributed by atoms with van der Waals surface area (Å²) >= 11 is 0. The zero-order valence-corrected chi connectivity index (χ0v) is 11.1. The highest BCUT2D eigenvalue weighted by atomic mass is 16.4. The molecule has 0 radical (unpaired) electrons. The molecule has 1 aromatic carbocycles. The maximum atomic E-state index is 11.1. The zero-order chi connectivity index (χ0) is 14.2. The monoisotopic (exact) mass is 260 g/mol. The number of hydrogen-bond donors (Lipinski definition) is 2. The summed E-state index contributed by atoms with van der Waals surface area (Å²) in [5.41, 5.74) is 4.23. The first-order valence-corrected chi connectivity index (χ1v) is 5.95. The van der Waals surface area contributed by atoms with Crippen LogP contribution in [0.4, 0.5) is 0 Å². The lowest BCUT2D eigenvalue weighted by Crippen LogP contribution is -2.05. The number of aromatic carboxylic acids is 1. The smallest absolute Gasteiger partial charge is 0.356 e. The first kappa shape index (κ1) is 13.3. The van der Waals surface area contributed by atoms with Gasteiger partial charge in [0.25, 0.3) is 0 Å². The van der Waals surface area contributed by atoms with Gasteiger partial charge in [0.2, 0.25) is 0 Å². The number of nitrogens with zero attached hydrogens (tertiary/aromatic N) is 2. The van der Waals surface area contributed by atoms with Gasteiger partial charge in [-0.2, -0.15) is 5.10 Å². The van der Waals surface area contributed by atoms with E-state index in [4.69, 9.17) is 5.11 Å². The van der Waals surface area contributed by atoms with E-state index in [0.29, 0.717) is 5.56 Å². The number of carboxylic acid groups (broad SMARTS) is 1. The Bertz CT molecular complexity index is 621. The Kier molecular flexibility index (Phi) is 3.40. The summed E-state index contributed by atoms with van der Waals surface area (Å²) in [5, 5.41) is 22.3. The highest BCUT2D eigenvalue weighted by molar-refractivity contribution is 5.87. The fourth-order valence-corrected chi connectivity index (χ4v) is 2.35. The summed E-state index contributed by atoms with van der Waals surface area (Å²) in [6, 6.07) is 4.03. The van der Waals surface area contributed by atoms with Crippen molar-refractivity contribution in [1.29, 1.82) is 0 Å². The van der Waals surface area contributed by atoms with Crippen molar-refractivity contribution in [2.24, 2.45) is 0 Å². The van der Waals surface area contributed by atoms with Gasteiger partial charge in [0.05, 0.1) is 12.3 Å². The third-order valence-corrected chi connectivity index (χ3v) is 3.03. The average Bonchev–Trinajstić information content (AvgIpc) is 2.71. The third kappa shape index (κ3) is 2.37. The molecule has 2 rings (SSSR count). The fraction of sp³-hybridized carbons (Fsp3) is 0.286. The second-order valence-corrected chi connectivity index (χ2v) is 4.66. The number of aliphatic hydroxyl groups excluding tert-OH is 1. The van der Waals surface area contributed by atoms with E-state index in [1.54, 1.807) is 6.20 Å². The van der Waals surface area contributed by atoms with E-state index in [-0.39, 0.29) is 12.3 Å². The molecule has 5 heteroatoms. The molecule has 0 spiro atoms. The molecule has 19 heavy (non-hydrogen) atoms. The van der Waals surface area contributed by atoms with Crippen LogP contribution in [0.5, 0.6) is 0 Å². The van der Waals surface area contributed by atoms with Gasteiger partial charge in [-0.3, -0.25) is 0 Å². The molecule has 1 heterocycles. The molecule has 0 fully saturated rings. The molecule has 0 aliphatic rings. The summed E-state index contributed by atoms with van der Waals surface area (Å²) < 4.78 is 1.53. The summed E-state index contributed by atoms with van der Waals surface area (Å²) in [5.74, 6) is -1.13. The second-order valence-electron chi connectivity index (χ2n) is 4.66. The Morgan fingerprint density at radius 3 is 2.26 bits per heavy atom. The van der Waals surface area contributed by atoms with E-state index in [1.165, 1.54) is 4.68 Å². The van der Waals surface area contributed by atoms with Crippen LogP contribution in [0.2, 0.25) is 0 Å².